The molecule has 0 heterocycles. The summed E-state index contributed by atoms with van der Waals surface area (Å²) in [6, 6.07) is 8.64. The topological polar surface area (TPSA) is 20.2 Å². The van der Waals surface area contributed by atoms with Crippen molar-refractivity contribution in [2.24, 2.45) is 0 Å². The van der Waals surface area contributed by atoms with Crippen LogP contribution in [0.4, 0.5) is 0 Å². The van der Waals surface area contributed by atoms with Gasteiger partial charge in [0.15, 0.2) is 0 Å². The number of phenolic OH excluding ortho intramolecular Hbond substituents is 1. The van der Waals surface area contributed by atoms with Crippen molar-refractivity contribution in [3.63, 3.8) is 0 Å². The highest BCUT2D eigenvalue weighted by Gasteiger charge is 2.15. The summed E-state index contributed by atoms with van der Waals surface area (Å²) >= 11 is 18.2. The first kappa shape index (κ1) is 14.3. The monoisotopic (exact) mass is 312 g/mol. The summed E-state index contributed by atoms with van der Waals surface area (Å²) in [6.07, 6.45) is 2.30. The number of phenols is 1. The van der Waals surface area contributed by atoms with E-state index in [1.165, 1.54) is 0 Å². The van der Waals surface area contributed by atoms with Crippen molar-refractivity contribution >= 4 is 34.8 Å². The molecule has 19 heavy (non-hydrogen) atoms. The number of hydrogen-bond acceptors (Lipinski definition) is 1. The molecule has 2 aromatic carbocycles. The average molecular weight is 314 g/mol. The van der Waals surface area contributed by atoms with Crippen LogP contribution in [0.5, 0.6) is 5.75 Å². The van der Waals surface area contributed by atoms with Gasteiger partial charge in [0.1, 0.15) is 5.75 Å². The molecule has 0 fully saturated rings. The highest BCUT2D eigenvalue weighted by atomic mass is 35.5. The van der Waals surface area contributed by atoms with E-state index in [4.69, 9.17) is 34.8 Å². The number of hydrogen-bond donors (Lipinski definition) is 1. The zero-order valence-electron chi connectivity index (χ0n) is 9.96. The molecule has 0 radical (unpaired) electrons. The van der Waals surface area contributed by atoms with Crippen molar-refractivity contribution in [1.82, 2.24) is 0 Å². The van der Waals surface area contributed by atoms with Crippen molar-refractivity contribution in [2.75, 3.05) is 0 Å². The highest BCUT2D eigenvalue weighted by Crippen LogP contribution is 2.42. The lowest BCUT2D eigenvalue weighted by atomic mass is 10.00. The first-order valence-electron chi connectivity index (χ1n) is 5.61. The van der Waals surface area contributed by atoms with Gasteiger partial charge in [-0.3, -0.25) is 0 Å². The molecule has 0 aromatic heterocycles. The molecule has 0 saturated heterocycles. The van der Waals surface area contributed by atoms with Gasteiger partial charge in [-0.1, -0.05) is 59.1 Å². The van der Waals surface area contributed by atoms with Gasteiger partial charge in [0, 0.05) is 16.1 Å². The number of benzene rings is 2. The number of rotatable bonds is 3. The van der Waals surface area contributed by atoms with E-state index < -0.39 is 0 Å². The minimum Gasteiger partial charge on any atom is -0.507 e. The van der Waals surface area contributed by atoms with E-state index in [9.17, 15) is 5.11 Å². The summed E-state index contributed by atoms with van der Waals surface area (Å²) in [7, 11) is 0. The van der Waals surface area contributed by atoms with Crippen LogP contribution in [0.25, 0.3) is 11.1 Å². The second-order valence-corrected chi connectivity index (χ2v) is 5.30. The van der Waals surface area contributed by atoms with Crippen LogP contribution in [-0.2, 0) is 6.42 Å². The highest BCUT2D eigenvalue weighted by molar-refractivity contribution is 6.41. The molecule has 0 saturated carbocycles. The summed E-state index contributed by atoms with van der Waals surface area (Å²) in [6.45, 7) is 3.67. The minimum atomic E-state index is 0.161. The molecule has 1 nitrogen and oxygen atoms in total. The molecule has 0 atom stereocenters. The van der Waals surface area contributed by atoms with Crippen LogP contribution >= 0.6 is 34.8 Å². The molecule has 1 N–H and O–H groups in total. The molecule has 0 aliphatic carbocycles. The second-order valence-electron chi connectivity index (χ2n) is 4.05. The number of halogens is 3. The Morgan fingerprint density at radius 1 is 1.11 bits per heavy atom. The molecule has 0 amide bonds. The Morgan fingerprint density at radius 3 is 2.32 bits per heavy atom. The smallest absolute Gasteiger partial charge is 0.127 e. The molecule has 0 unspecified atom stereocenters. The number of aromatic hydroxyl groups is 1. The fourth-order valence-corrected chi connectivity index (χ4v) is 2.93. The second kappa shape index (κ2) is 5.87. The van der Waals surface area contributed by atoms with Gasteiger partial charge in [0.25, 0.3) is 0 Å². The van der Waals surface area contributed by atoms with Crippen molar-refractivity contribution in [1.29, 1.82) is 0 Å². The molecule has 0 aliphatic rings. The van der Waals surface area contributed by atoms with Gasteiger partial charge in [-0.25, -0.2) is 0 Å². The lowest BCUT2D eigenvalue weighted by Gasteiger charge is -2.12. The van der Waals surface area contributed by atoms with Gasteiger partial charge in [-0.15, -0.1) is 6.58 Å². The van der Waals surface area contributed by atoms with E-state index in [0.717, 1.165) is 5.56 Å². The van der Waals surface area contributed by atoms with Crippen LogP contribution in [0.1, 0.15) is 5.56 Å². The van der Waals surface area contributed by atoms with Gasteiger partial charge in [-0.05, 0) is 24.1 Å². The van der Waals surface area contributed by atoms with Gasteiger partial charge < -0.3 is 5.11 Å². The lowest BCUT2D eigenvalue weighted by molar-refractivity contribution is 0.472. The molecule has 2 aromatic rings. The van der Waals surface area contributed by atoms with E-state index in [2.05, 4.69) is 6.58 Å². The predicted molar refractivity (Wildman–Crippen MR) is 82.5 cm³/mol. The first-order chi connectivity index (χ1) is 9.04. The maximum absolute atomic E-state index is 10.3. The van der Waals surface area contributed by atoms with Crippen molar-refractivity contribution in [2.45, 2.75) is 6.42 Å². The van der Waals surface area contributed by atoms with Crippen LogP contribution in [0.3, 0.4) is 0 Å². The zero-order valence-corrected chi connectivity index (χ0v) is 12.2. The summed E-state index contributed by atoms with van der Waals surface area (Å²) in [5, 5.41) is 11.6. The van der Waals surface area contributed by atoms with Crippen LogP contribution in [-0.4, -0.2) is 5.11 Å². The molecule has 4 heteroatoms. The van der Waals surface area contributed by atoms with E-state index in [1.54, 1.807) is 24.3 Å². The van der Waals surface area contributed by atoms with Gasteiger partial charge in [0.2, 0.25) is 0 Å². The quantitative estimate of drug-likeness (QED) is 0.715. The standard InChI is InChI=1S/C15H11Cl3O/c1-2-4-9-5-3-6-11(15(9)19)14-12(17)7-10(16)8-13(14)18/h2-3,5-8,19H,1,4H2. The number of allylic oxidation sites excluding steroid dienone is 1. The lowest BCUT2D eigenvalue weighted by Crippen LogP contribution is -1.88. The van der Waals surface area contributed by atoms with Gasteiger partial charge in [0.05, 0.1) is 10.0 Å². The Morgan fingerprint density at radius 2 is 1.74 bits per heavy atom. The van der Waals surface area contributed by atoms with E-state index >= 15 is 0 Å². The van der Waals surface area contributed by atoms with E-state index in [-0.39, 0.29) is 5.75 Å². The van der Waals surface area contributed by atoms with Crippen molar-refractivity contribution in [3.8, 4) is 16.9 Å². The van der Waals surface area contributed by atoms with Crippen LogP contribution in [0.15, 0.2) is 43.0 Å². The van der Waals surface area contributed by atoms with Gasteiger partial charge >= 0.3 is 0 Å². The third kappa shape index (κ3) is 2.89. The molecule has 2 rings (SSSR count). The van der Waals surface area contributed by atoms with Crippen LogP contribution in [0, 0.1) is 0 Å². The Labute approximate surface area is 127 Å². The molecular formula is C15H11Cl3O. The molecule has 0 spiro atoms. The average Bonchev–Trinajstić information content (AvgIpc) is 2.32. The fourth-order valence-electron chi connectivity index (χ4n) is 1.91. The summed E-state index contributed by atoms with van der Waals surface area (Å²) < 4.78 is 0. The zero-order chi connectivity index (χ0) is 14.0. The van der Waals surface area contributed by atoms with Crippen LogP contribution < -0.4 is 0 Å². The predicted octanol–water partition coefficient (Wildman–Crippen LogP) is 5.75. The van der Waals surface area contributed by atoms with E-state index in [1.807, 2.05) is 12.1 Å². The SMILES string of the molecule is C=CCc1cccc(-c2c(Cl)cc(Cl)cc2Cl)c1O. The third-order valence-electron chi connectivity index (χ3n) is 2.76. The summed E-state index contributed by atoms with van der Waals surface area (Å²) in [4.78, 5) is 0. The van der Waals surface area contributed by atoms with Gasteiger partial charge in [-0.2, -0.15) is 0 Å². The molecular weight excluding hydrogens is 303 g/mol. The summed E-state index contributed by atoms with van der Waals surface area (Å²) in [5.41, 5.74) is 1.94. The number of para-hydroxylation sites is 1. The maximum Gasteiger partial charge on any atom is 0.127 e. The Bertz CT molecular complexity index is 612. The minimum absolute atomic E-state index is 0.161. The molecule has 98 valence electrons. The van der Waals surface area contributed by atoms with Crippen molar-refractivity contribution in [3.05, 3.63) is 63.6 Å². The van der Waals surface area contributed by atoms with Crippen molar-refractivity contribution < 1.29 is 5.11 Å². The third-order valence-corrected chi connectivity index (χ3v) is 3.57. The normalized spacial score (nSPS) is 10.5. The largest absolute Gasteiger partial charge is 0.507 e. The molecule has 0 aliphatic heterocycles. The van der Waals surface area contributed by atoms with E-state index in [0.29, 0.717) is 32.6 Å². The summed E-state index contributed by atoms with van der Waals surface area (Å²) in [5.74, 6) is 0.161. The Kier molecular flexibility index (Phi) is 4.41. The Balaban J connectivity index is 2.66. The Hall–Kier alpha value is -1.15. The first-order valence-corrected chi connectivity index (χ1v) is 6.74. The maximum atomic E-state index is 10.3. The van der Waals surface area contributed by atoms with Crippen LogP contribution in [0.2, 0.25) is 15.1 Å². The molecule has 0 bridgehead atoms. The fraction of sp³-hybridized carbons (Fsp3) is 0.0667.